The molecule has 1 aliphatic rings. The van der Waals surface area contributed by atoms with Gasteiger partial charge >= 0.3 is 0 Å². The van der Waals surface area contributed by atoms with Crippen molar-refractivity contribution in [3.8, 4) is 0 Å². The Bertz CT molecular complexity index is 369. The fourth-order valence-electron chi connectivity index (χ4n) is 2.17. The molecule has 0 spiro atoms. The molecule has 1 amide bonds. The smallest absolute Gasteiger partial charge is 0.227 e. The number of nitrogens with zero attached hydrogens (tertiary/aromatic N) is 2. The van der Waals surface area contributed by atoms with Crippen LogP contribution >= 0.6 is 24.8 Å². The van der Waals surface area contributed by atoms with Gasteiger partial charge in [-0.15, -0.1) is 24.8 Å². The molecule has 1 saturated heterocycles. The predicted octanol–water partition coefficient (Wildman–Crippen LogP) is 2.28. The van der Waals surface area contributed by atoms with E-state index in [1.165, 1.54) is 0 Å². The highest BCUT2D eigenvalue weighted by Crippen LogP contribution is 2.19. The molecule has 1 aromatic rings. The molecule has 1 fully saturated rings. The summed E-state index contributed by atoms with van der Waals surface area (Å²) in [5.41, 5.74) is 0.867. The third-order valence-corrected chi connectivity index (χ3v) is 3.33. The Hall–Kier alpha value is -0.840. The van der Waals surface area contributed by atoms with Crippen LogP contribution in [0.4, 0.5) is 5.69 Å². The average molecular weight is 306 g/mol. The maximum atomic E-state index is 12.1. The van der Waals surface area contributed by atoms with Gasteiger partial charge in [-0.3, -0.25) is 9.78 Å². The maximum Gasteiger partial charge on any atom is 0.227 e. The highest BCUT2D eigenvalue weighted by molar-refractivity contribution is 5.92. The Morgan fingerprint density at radius 1 is 1.42 bits per heavy atom. The molecule has 4 nitrogen and oxygen atoms in total. The van der Waals surface area contributed by atoms with Gasteiger partial charge in [-0.25, -0.2) is 0 Å². The van der Waals surface area contributed by atoms with Crippen molar-refractivity contribution in [2.45, 2.75) is 19.3 Å². The van der Waals surface area contributed by atoms with Crippen LogP contribution in [0.5, 0.6) is 0 Å². The van der Waals surface area contributed by atoms with Crippen molar-refractivity contribution in [2.75, 3.05) is 25.0 Å². The lowest BCUT2D eigenvalue weighted by atomic mass is 9.94. The first-order valence-corrected chi connectivity index (χ1v) is 6.14. The molecule has 1 aliphatic heterocycles. The quantitative estimate of drug-likeness (QED) is 0.932. The second-order valence-corrected chi connectivity index (χ2v) is 4.56. The Morgan fingerprint density at radius 2 is 2.11 bits per heavy atom. The van der Waals surface area contributed by atoms with Crippen LogP contribution in [0, 0.1) is 5.92 Å². The molecule has 0 aliphatic carbocycles. The highest BCUT2D eigenvalue weighted by Gasteiger charge is 2.19. The summed E-state index contributed by atoms with van der Waals surface area (Å²) in [6.07, 6.45) is 6.29. The first kappa shape index (κ1) is 18.2. The van der Waals surface area contributed by atoms with E-state index in [2.05, 4.69) is 10.3 Å². The standard InChI is InChI=1S/C13H19N3O.2ClH/c1-16(12-3-2-6-15-10-12)13(17)9-11-4-7-14-8-5-11;;/h2-3,6,10-11,14H,4-5,7-9H2,1H3;2*1H. The van der Waals surface area contributed by atoms with Crippen LogP contribution in [0.25, 0.3) is 0 Å². The number of halogens is 2. The summed E-state index contributed by atoms with van der Waals surface area (Å²) in [6.45, 7) is 2.07. The lowest BCUT2D eigenvalue weighted by Gasteiger charge is -2.24. The molecule has 6 heteroatoms. The molecular weight excluding hydrogens is 285 g/mol. The molecule has 0 radical (unpaired) electrons. The zero-order valence-electron chi connectivity index (χ0n) is 11.0. The van der Waals surface area contributed by atoms with Crippen molar-refractivity contribution in [3.05, 3.63) is 24.5 Å². The van der Waals surface area contributed by atoms with E-state index in [0.717, 1.165) is 31.6 Å². The van der Waals surface area contributed by atoms with Crippen LogP contribution in [-0.4, -0.2) is 31.0 Å². The van der Waals surface area contributed by atoms with E-state index in [9.17, 15) is 4.79 Å². The molecule has 1 aromatic heterocycles. The van der Waals surface area contributed by atoms with E-state index in [1.807, 2.05) is 19.2 Å². The van der Waals surface area contributed by atoms with E-state index in [-0.39, 0.29) is 30.7 Å². The normalized spacial score (nSPS) is 15.0. The van der Waals surface area contributed by atoms with Crippen molar-refractivity contribution in [1.29, 1.82) is 0 Å². The highest BCUT2D eigenvalue weighted by atomic mass is 35.5. The van der Waals surface area contributed by atoms with Gasteiger partial charge in [-0.2, -0.15) is 0 Å². The molecule has 1 N–H and O–H groups in total. The molecular formula is C13H21Cl2N3O. The number of piperidine rings is 1. The second kappa shape index (κ2) is 9.13. The maximum absolute atomic E-state index is 12.1. The molecule has 2 heterocycles. The Balaban J connectivity index is 0.00000162. The number of aromatic nitrogens is 1. The number of amides is 1. The van der Waals surface area contributed by atoms with E-state index < -0.39 is 0 Å². The Labute approximate surface area is 126 Å². The Kier molecular flexibility index (Phi) is 8.72. The van der Waals surface area contributed by atoms with Crippen LogP contribution < -0.4 is 10.2 Å². The van der Waals surface area contributed by atoms with Crippen molar-refractivity contribution >= 4 is 36.4 Å². The van der Waals surface area contributed by atoms with Crippen LogP contribution in [0.15, 0.2) is 24.5 Å². The molecule has 0 atom stereocenters. The monoisotopic (exact) mass is 305 g/mol. The van der Waals surface area contributed by atoms with Gasteiger partial charge in [0, 0.05) is 19.7 Å². The van der Waals surface area contributed by atoms with Crippen molar-refractivity contribution < 1.29 is 4.79 Å². The number of hydrogen-bond acceptors (Lipinski definition) is 3. The molecule has 0 unspecified atom stereocenters. The third-order valence-electron chi connectivity index (χ3n) is 3.33. The molecule has 0 saturated carbocycles. The fourth-order valence-corrected chi connectivity index (χ4v) is 2.17. The van der Waals surface area contributed by atoms with E-state index in [0.29, 0.717) is 12.3 Å². The van der Waals surface area contributed by atoms with Gasteiger partial charge in [0.05, 0.1) is 11.9 Å². The zero-order valence-corrected chi connectivity index (χ0v) is 12.7. The average Bonchev–Trinajstić information content (AvgIpc) is 2.40. The predicted molar refractivity (Wildman–Crippen MR) is 82.4 cm³/mol. The summed E-state index contributed by atoms with van der Waals surface area (Å²) < 4.78 is 0. The number of anilines is 1. The second-order valence-electron chi connectivity index (χ2n) is 4.56. The van der Waals surface area contributed by atoms with Gasteiger partial charge in [0.15, 0.2) is 0 Å². The van der Waals surface area contributed by atoms with Gasteiger partial charge in [0.1, 0.15) is 0 Å². The molecule has 0 aromatic carbocycles. The summed E-state index contributed by atoms with van der Waals surface area (Å²) >= 11 is 0. The third kappa shape index (κ3) is 5.35. The van der Waals surface area contributed by atoms with Crippen LogP contribution in [0.1, 0.15) is 19.3 Å². The Morgan fingerprint density at radius 3 is 2.68 bits per heavy atom. The summed E-state index contributed by atoms with van der Waals surface area (Å²) in [7, 11) is 1.82. The van der Waals surface area contributed by atoms with Crippen molar-refractivity contribution in [1.82, 2.24) is 10.3 Å². The van der Waals surface area contributed by atoms with Gasteiger partial charge in [-0.05, 0) is 44.0 Å². The van der Waals surface area contributed by atoms with Gasteiger partial charge < -0.3 is 10.2 Å². The van der Waals surface area contributed by atoms with E-state index in [1.54, 1.807) is 17.3 Å². The first-order valence-electron chi connectivity index (χ1n) is 6.14. The summed E-state index contributed by atoms with van der Waals surface area (Å²) in [6, 6.07) is 3.76. The number of nitrogens with one attached hydrogen (secondary N) is 1. The topological polar surface area (TPSA) is 45.2 Å². The van der Waals surface area contributed by atoms with Crippen LogP contribution in [-0.2, 0) is 4.79 Å². The number of carbonyl (C=O) groups is 1. The number of pyridine rings is 1. The van der Waals surface area contributed by atoms with Gasteiger partial charge in [0.2, 0.25) is 5.91 Å². The lowest BCUT2D eigenvalue weighted by Crippen LogP contribution is -2.33. The van der Waals surface area contributed by atoms with Gasteiger partial charge in [-0.1, -0.05) is 0 Å². The van der Waals surface area contributed by atoms with Crippen molar-refractivity contribution in [3.63, 3.8) is 0 Å². The van der Waals surface area contributed by atoms with E-state index >= 15 is 0 Å². The SMILES string of the molecule is CN(C(=O)CC1CCNCC1)c1cccnc1.Cl.Cl. The molecule has 2 rings (SSSR count). The summed E-state index contributed by atoms with van der Waals surface area (Å²) in [5.74, 6) is 0.716. The summed E-state index contributed by atoms with van der Waals surface area (Å²) in [4.78, 5) is 17.8. The van der Waals surface area contributed by atoms with Crippen molar-refractivity contribution in [2.24, 2.45) is 5.92 Å². The lowest BCUT2D eigenvalue weighted by molar-refractivity contribution is -0.119. The minimum Gasteiger partial charge on any atom is -0.317 e. The largest absolute Gasteiger partial charge is 0.317 e. The molecule has 108 valence electrons. The summed E-state index contributed by atoms with van der Waals surface area (Å²) in [5, 5.41) is 3.31. The van der Waals surface area contributed by atoms with Crippen LogP contribution in [0.3, 0.4) is 0 Å². The van der Waals surface area contributed by atoms with Gasteiger partial charge in [0.25, 0.3) is 0 Å². The fraction of sp³-hybridized carbons (Fsp3) is 0.538. The van der Waals surface area contributed by atoms with E-state index in [4.69, 9.17) is 0 Å². The van der Waals surface area contributed by atoms with Crippen LogP contribution in [0.2, 0.25) is 0 Å². The number of hydrogen-bond donors (Lipinski definition) is 1. The minimum absolute atomic E-state index is 0. The number of carbonyl (C=O) groups excluding carboxylic acids is 1. The molecule has 0 bridgehead atoms. The minimum atomic E-state index is 0. The first-order chi connectivity index (χ1) is 8.27. The molecule has 19 heavy (non-hydrogen) atoms. The zero-order chi connectivity index (χ0) is 12.1. The number of rotatable bonds is 3.